The second-order valence-electron chi connectivity index (χ2n) is 4.49. The van der Waals surface area contributed by atoms with Crippen LogP contribution in [0.3, 0.4) is 0 Å². The Hall–Kier alpha value is -2.14. The molecule has 0 bridgehead atoms. The quantitative estimate of drug-likeness (QED) is 0.761. The Balaban J connectivity index is 1.61. The van der Waals surface area contributed by atoms with E-state index in [1.54, 1.807) is 6.26 Å². The molecule has 1 N–H and O–H groups in total. The van der Waals surface area contributed by atoms with Crippen LogP contribution in [0.4, 0.5) is 0 Å². The molecule has 0 aliphatic rings. The zero-order valence-corrected chi connectivity index (χ0v) is 10.8. The van der Waals surface area contributed by atoms with Crippen molar-refractivity contribution in [1.82, 2.24) is 20.3 Å². The minimum atomic E-state index is 0.199. The molecule has 3 rings (SSSR count). The molecule has 3 aromatic rings. The van der Waals surface area contributed by atoms with E-state index in [-0.39, 0.29) is 6.04 Å². The molecule has 5 nitrogen and oxygen atoms in total. The highest BCUT2D eigenvalue weighted by molar-refractivity contribution is 5.73. The summed E-state index contributed by atoms with van der Waals surface area (Å²) in [4.78, 5) is 0. The fourth-order valence-corrected chi connectivity index (χ4v) is 2.11. The van der Waals surface area contributed by atoms with Crippen LogP contribution in [-0.2, 0) is 6.54 Å². The number of nitrogens with one attached hydrogen (secondary N) is 1. The van der Waals surface area contributed by atoms with Crippen LogP contribution in [0.2, 0.25) is 0 Å². The lowest BCUT2D eigenvalue weighted by atomic mass is 10.2. The van der Waals surface area contributed by atoms with Crippen molar-refractivity contribution in [3.8, 4) is 0 Å². The minimum Gasteiger partial charge on any atom is -0.468 e. The fourth-order valence-electron chi connectivity index (χ4n) is 2.11. The molecular weight excluding hydrogens is 240 g/mol. The molecule has 0 saturated heterocycles. The van der Waals surface area contributed by atoms with Gasteiger partial charge in [0, 0.05) is 6.54 Å². The molecule has 1 unspecified atom stereocenters. The maximum atomic E-state index is 5.36. The average Bonchev–Trinajstić information content (AvgIpc) is 3.08. The zero-order valence-electron chi connectivity index (χ0n) is 10.8. The van der Waals surface area contributed by atoms with E-state index < -0.39 is 0 Å². The van der Waals surface area contributed by atoms with E-state index >= 15 is 0 Å². The first-order valence-corrected chi connectivity index (χ1v) is 6.39. The van der Waals surface area contributed by atoms with Crippen molar-refractivity contribution >= 4 is 11.0 Å². The molecule has 0 saturated carbocycles. The number of hydrogen-bond donors (Lipinski definition) is 1. The Morgan fingerprint density at radius 2 is 2.16 bits per heavy atom. The topological polar surface area (TPSA) is 55.9 Å². The van der Waals surface area contributed by atoms with Gasteiger partial charge in [-0.25, -0.2) is 4.68 Å². The zero-order chi connectivity index (χ0) is 13.1. The van der Waals surface area contributed by atoms with Gasteiger partial charge in [-0.1, -0.05) is 17.3 Å². The van der Waals surface area contributed by atoms with Gasteiger partial charge in [0.1, 0.15) is 11.3 Å². The van der Waals surface area contributed by atoms with Crippen LogP contribution in [0, 0.1) is 0 Å². The van der Waals surface area contributed by atoms with Crippen molar-refractivity contribution in [2.45, 2.75) is 19.5 Å². The molecule has 0 fully saturated rings. The van der Waals surface area contributed by atoms with Crippen LogP contribution in [0.15, 0.2) is 47.1 Å². The fraction of sp³-hybridized carbons (Fsp3) is 0.286. The van der Waals surface area contributed by atoms with Crippen LogP contribution in [0.1, 0.15) is 18.7 Å². The van der Waals surface area contributed by atoms with Crippen molar-refractivity contribution in [3.63, 3.8) is 0 Å². The second kappa shape index (κ2) is 5.24. The van der Waals surface area contributed by atoms with Crippen molar-refractivity contribution in [2.75, 3.05) is 6.54 Å². The molecule has 0 radical (unpaired) electrons. The van der Waals surface area contributed by atoms with E-state index in [2.05, 4.69) is 22.6 Å². The van der Waals surface area contributed by atoms with Gasteiger partial charge in [0.2, 0.25) is 0 Å². The SMILES string of the molecule is CC(NCCn1nnc2ccccc21)c1ccco1. The van der Waals surface area contributed by atoms with Gasteiger partial charge in [-0.05, 0) is 31.2 Å². The first-order chi connectivity index (χ1) is 9.34. The predicted molar refractivity (Wildman–Crippen MR) is 72.7 cm³/mol. The lowest BCUT2D eigenvalue weighted by Gasteiger charge is -2.11. The van der Waals surface area contributed by atoms with Crippen LogP contribution in [0.5, 0.6) is 0 Å². The number of aromatic nitrogens is 3. The van der Waals surface area contributed by atoms with E-state index in [9.17, 15) is 0 Å². The number of rotatable bonds is 5. The summed E-state index contributed by atoms with van der Waals surface area (Å²) in [7, 11) is 0. The molecule has 0 amide bonds. The monoisotopic (exact) mass is 256 g/mol. The number of fused-ring (bicyclic) bond motifs is 1. The third-order valence-corrected chi connectivity index (χ3v) is 3.16. The normalized spacial score (nSPS) is 12.9. The maximum absolute atomic E-state index is 5.36. The highest BCUT2D eigenvalue weighted by Gasteiger charge is 2.08. The highest BCUT2D eigenvalue weighted by Crippen LogP contribution is 2.12. The number of para-hydroxylation sites is 1. The Kier molecular flexibility index (Phi) is 3.29. The Morgan fingerprint density at radius 3 is 3.00 bits per heavy atom. The van der Waals surface area contributed by atoms with Crippen LogP contribution >= 0.6 is 0 Å². The van der Waals surface area contributed by atoms with Crippen molar-refractivity contribution in [1.29, 1.82) is 0 Å². The van der Waals surface area contributed by atoms with E-state index in [1.807, 2.05) is 41.1 Å². The van der Waals surface area contributed by atoms with Crippen LogP contribution in [0.25, 0.3) is 11.0 Å². The summed E-state index contributed by atoms with van der Waals surface area (Å²) < 4.78 is 7.27. The van der Waals surface area contributed by atoms with Gasteiger partial charge in [0.15, 0.2) is 0 Å². The van der Waals surface area contributed by atoms with Gasteiger partial charge < -0.3 is 9.73 Å². The minimum absolute atomic E-state index is 0.199. The van der Waals surface area contributed by atoms with Crippen molar-refractivity contribution in [3.05, 3.63) is 48.4 Å². The largest absolute Gasteiger partial charge is 0.468 e. The highest BCUT2D eigenvalue weighted by atomic mass is 16.3. The summed E-state index contributed by atoms with van der Waals surface area (Å²) in [6.45, 7) is 3.68. The predicted octanol–water partition coefficient (Wildman–Crippen LogP) is 2.38. The molecule has 5 heteroatoms. The molecule has 98 valence electrons. The van der Waals surface area contributed by atoms with E-state index in [0.717, 1.165) is 29.9 Å². The third kappa shape index (κ3) is 2.51. The summed E-state index contributed by atoms with van der Waals surface area (Å²) in [6.07, 6.45) is 1.69. The summed E-state index contributed by atoms with van der Waals surface area (Å²) >= 11 is 0. The van der Waals surface area contributed by atoms with Crippen LogP contribution < -0.4 is 5.32 Å². The molecule has 0 aliphatic heterocycles. The summed E-state index contributed by atoms with van der Waals surface area (Å²) in [5.41, 5.74) is 2.00. The Labute approximate surface area is 111 Å². The second-order valence-corrected chi connectivity index (χ2v) is 4.49. The lowest BCUT2D eigenvalue weighted by molar-refractivity contribution is 0.419. The first-order valence-electron chi connectivity index (χ1n) is 6.39. The summed E-state index contributed by atoms with van der Waals surface area (Å²) in [5.74, 6) is 0.948. The molecule has 1 aromatic carbocycles. The van der Waals surface area contributed by atoms with Crippen molar-refractivity contribution in [2.24, 2.45) is 0 Å². The summed E-state index contributed by atoms with van der Waals surface area (Å²) in [6, 6.07) is 12.0. The standard InChI is InChI=1S/C14H16N4O/c1-11(14-7-4-10-19-14)15-8-9-18-13-6-3-2-5-12(13)16-17-18/h2-7,10-11,15H,8-9H2,1H3. The van der Waals surface area contributed by atoms with E-state index in [4.69, 9.17) is 4.42 Å². The van der Waals surface area contributed by atoms with Gasteiger partial charge in [-0.15, -0.1) is 5.10 Å². The van der Waals surface area contributed by atoms with Gasteiger partial charge in [0.05, 0.1) is 24.4 Å². The number of benzene rings is 1. The maximum Gasteiger partial charge on any atom is 0.120 e. The lowest BCUT2D eigenvalue weighted by Crippen LogP contribution is -2.23. The molecule has 2 heterocycles. The van der Waals surface area contributed by atoms with E-state index in [0.29, 0.717) is 0 Å². The molecule has 19 heavy (non-hydrogen) atoms. The van der Waals surface area contributed by atoms with Gasteiger partial charge >= 0.3 is 0 Å². The molecule has 1 atom stereocenters. The number of hydrogen-bond acceptors (Lipinski definition) is 4. The average molecular weight is 256 g/mol. The Bertz CT molecular complexity index is 644. The Morgan fingerprint density at radius 1 is 1.26 bits per heavy atom. The number of furan rings is 1. The van der Waals surface area contributed by atoms with Gasteiger partial charge in [-0.2, -0.15) is 0 Å². The molecule has 2 aromatic heterocycles. The smallest absolute Gasteiger partial charge is 0.120 e. The molecular formula is C14H16N4O. The molecule has 0 aliphatic carbocycles. The number of nitrogens with zero attached hydrogens (tertiary/aromatic N) is 3. The third-order valence-electron chi connectivity index (χ3n) is 3.16. The van der Waals surface area contributed by atoms with E-state index in [1.165, 1.54) is 0 Å². The van der Waals surface area contributed by atoms with Crippen molar-refractivity contribution < 1.29 is 4.42 Å². The van der Waals surface area contributed by atoms with Gasteiger partial charge in [0.25, 0.3) is 0 Å². The first kappa shape index (κ1) is 11.9. The van der Waals surface area contributed by atoms with Gasteiger partial charge in [-0.3, -0.25) is 0 Å². The van der Waals surface area contributed by atoms with Crippen LogP contribution in [-0.4, -0.2) is 21.5 Å². The summed E-state index contributed by atoms with van der Waals surface area (Å²) in [5, 5.41) is 11.7. The molecule has 0 spiro atoms.